The molecule has 0 atom stereocenters. The van der Waals surface area contributed by atoms with Crippen LogP contribution < -0.4 is 0 Å². The van der Waals surface area contributed by atoms with Gasteiger partial charge in [-0.2, -0.15) is 5.26 Å². The predicted octanol–water partition coefficient (Wildman–Crippen LogP) is 5.08. The third-order valence-corrected chi connectivity index (χ3v) is 4.46. The van der Waals surface area contributed by atoms with Gasteiger partial charge in [0.05, 0.1) is 5.69 Å². The number of ketones is 1. The first-order valence-corrected chi connectivity index (χ1v) is 8.58. The first-order chi connectivity index (χ1) is 12.3. The Morgan fingerprint density at radius 1 is 1.19 bits per heavy atom. The molecule has 2 aromatic heterocycles. The van der Waals surface area contributed by atoms with E-state index in [9.17, 15) is 10.1 Å². The summed E-state index contributed by atoms with van der Waals surface area (Å²) in [4.78, 5) is 17.0. The molecule has 0 aliphatic rings. The molecule has 5 heteroatoms. The fourth-order valence-corrected chi connectivity index (χ4v) is 2.91. The Labute approximate surface area is 157 Å². The molecule has 130 valence electrons. The van der Waals surface area contributed by atoms with Crippen LogP contribution in [0, 0.1) is 11.3 Å². The second-order valence-corrected chi connectivity index (χ2v) is 7.40. The Morgan fingerprint density at radius 2 is 1.88 bits per heavy atom. The molecule has 0 unspecified atom stereocenters. The molecule has 4 nitrogen and oxygen atoms in total. The molecule has 1 aromatic carbocycles. The number of fused-ring (bicyclic) bond motifs is 1. The van der Waals surface area contributed by atoms with Gasteiger partial charge in [-0.25, -0.2) is 4.98 Å². The van der Waals surface area contributed by atoms with Crippen molar-refractivity contribution in [3.05, 3.63) is 76.2 Å². The Morgan fingerprint density at radius 3 is 2.50 bits per heavy atom. The number of imidazole rings is 1. The van der Waals surface area contributed by atoms with Crippen LogP contribution in [0.1, 0.15) is 42.4 Å². The van der Waals surface area contributed by atoms with Gasteiger partial charge in [-0.15, -0.1) is 0 Å². The maximum atomic E-state index is 12.7. The van der Waals surface area contributed by atoms with Crippen LogP contribution in [0.3, 0.4) is 0 Å². The minimum absolute atomic E-state index is 0.000482. The summed E-state index contributed by atoms with van der Waals surface area (Å²) in [7, 11) is 0. The van der Waals surface area contributed by atoms with Crippen LogP contribution in [0.5, 0.6) is 0 Å². The number of rotatable bonds is 3. The van der Waals surface area contributed by atoms with E-state index in [4.69, 9.17) is 11.6 Å². The van der Waals surface area contributed by atoms with E-state index < -0.39 is 0 Å². The maximum Gasteiger partial charge on any atom is 0.203 e. The van der Waals surface area contributed by atoms with Crippen LogP contribution in [0.15, 0.2) is 54.2 Å². The smallest absolute Gasteiger partial charge is 0.203 e. The lowest BCUT2D eigenvalue weighted by molar-refractivity contribution is 0.104. The van der Waals surface area contributed by atoms with Gasteiger partial charge >= 0.3 is 0 Å². The number of Topliss-reactive ketones (excluding diaryl/α,β-unsaturated/α-hetero) is 1. The summed E-state index contributed by atoms with van der Waals surface area (Å²) in [5.41, 5.74) is 2.78. The van der Waals surface area contributed by atoms with Crippen molar-refractivity contribution in [1.82, 2.24) is 9.38 Å². The number of nitriles is 1. The molecule has 2 heterocycles. The second-order valence-electron chi connectivity index (χ2n) is 7.04. The first-order valence-electron chi connectivity index (χ1n) is 8.21. The van der Waals surface area contributed by atoms with Crippen molar-refractivity contribution < 1.29 is 4.79 Å². The number of benzene rings is 1. The summed E-state index contributed by atoms with van der Waals surface area (Å²) in [6.07, 6.45) is 3.28. The Kier molecular flexibility index (Phi) is 4.67. The maximum absolute atomic E-state index is 12.7. The molecule has 0 N–H and O–H groups in total. The minimum Gasteiger partial charge on any atom is -0.299 e. The van der Waals surface area contributed by atoms with Gasteiger partial charge in [0.25, 0.3) is 0 Å². The van der Waals surface area contributed by atoms with E-state index in [1.54, 1.807) is 22.7 Å². The van der Waals surface area contributed by atoms with Gasteiger partial charge in [0, 0.05) is 11.8 Å². The van der Waals surface area contributed by atoms with Gasteiger partial charge in [0.1, 0.15) is 17.3 Å². The van der Waals surface area contributed by atoms with Crippen molar-refractivity contribution in [2.75, 3.05) is 0 Å². The number of allylic oxidation sites excluding steroid dienone is 1. The van der Waals surface area contributed by atoms with Gasteiger partial charge in [0.15, 0.2) is 5.15 Å². The summed E-state index contributed by atoms with van der Waals surface area (Å²) in [6, 6.07) is 14.8. The van der Waals surface area contributed by atoms with E-state index in [0.717, 1.165) is 5.56 Å². The predicted molar refractivity (Wildman–Crippen MR) is 103 cm³/mol. The van der Waals surface area contributed by atoms with Gasteiger partial charge in [-0.1, -0.05) is 62.7 Å². The van der Waals surface area contributed by atoms with E-state index in [-0.39, 0.29) is 21.9 Å². The molecule has 0 fully saturated rings. The third kappa shape index (κ3) is 3.40. The highest BCUT2D eigenvalue weighted by Gasteiger charge is 2.17. The topological polar surface area (TPSA) is 58.2 Å². The van der Waals surface area contributed by atoms with Crippen LogP contribution in [-0.2, 0) is 5.41 Å². The number of carbonyl (C=O) groups is 1. The lowest BCUT2D eigenvalue weighted by atomic mass is 9.86. The summed E-state index contributed by atoms with van der Waals surface area (Å²) >= 11 is 6.19. The summed E-state index contributed by atoms with van der Waals surface area (Å²) < 4.78 is 1.75. The molecular weight excluding hydrogens is 346 g/mol. The van der Waals surface area contributed by atoms with E-state index in [0.29, 0.717) is 16.9 Å². The Balaban J connectivity index is 2.00. The first kappa shape index (κ1) is 17.9. The average molecular weight is 364 g/mol. The standard InChI is InChI=1S/C21H18ClN3O/c1-21(2,3)16-9-7-14(8-10-16)19(26)15(13-23)12-17-20(22)24-18-6-4-5-11-25(17)18/h4-12H,1-3H3/b15-12+. The summed E-state index contributed by atoms with van der Waals surface area (Å²) in [5, 5.41) is 9.74. The molecule has 0 saturated carbocycles. The summed E-state index contributed by atoms with van der Waals surface area (Å²) in [5.74, 6) is -0.338. The fraction of sp³-hybridized carbons (Fsp3) is 0.190. The third-order valence-electron chi connectivity index (χ3n) is 4.18. The van der Waals surface area contributed by atoms with Gasteiger partial charge in [-0.05, 0) is 29.2 Å². The molecule has 0 spiro atoms. The Bertz CT molecular complexity index is 1050. The van der Waals surface area contributed by atoms with Crippen molar-refractivity contribution in [2.24, 2.45) is 0 Å². The van der Waals surface area contributed by atoms with E-state index >= 15 is 0 Å². The quantitative estimate of drug-likeness (QED) is 0.370. The summed E-state index contributed by atoms with van der Waals surface area (Å²) in [6.45, 7) is 6.32. The monoisotopic (exact) mass is 363 g/mol. The van der Waals surface area contributed by atoms with Crippen LogP contribution in [0.4, 0.5) is 0 Å². The molecule has 0 radical (unpaired) electrons. The van der Waals surface area contributed by atoms with E-state index in [1.807, 2.05) is 36.4 Å². The zero-order valence-corrected chi connectivity index (χ0v) is 15.6. The lowest BCUT2D eigenvalue weighted by Gasteiger charge is -2.18. The number of aromatic nitrogens is 2. The van der Waals surface area contributed by atoms with Crippen molar-refractivity contribution in [3.8, 4) is 6.07 Å². The number of halogens is 1. The molecule has 3 aromatic rings. The molecule has 0 aliphatic heterocycles. The SMILES string of the molecule is CC(C)(C)c1ccc(C(=O)/C(C#N)=C/c2c(Cl)nc3ccccn23)cc1. The van der Waals surface area contributed by atoms with Gasteiger partial charge < -0.3 is 0 Å². The largest absolute Gasteiger partial charge is 0.299 e. The number of pyridine rings is 1. The highest BCUT2D eigenvalue weighted by atomic mass is 35.5. The molecule has 0 aliphatic carbocycles. The van der Waals surface area contributed by atoms with Crippen LogP contribution in [0.25, 0.3) is 11.7 Å². The molecular formula is C21H18ClN3O. The highest BCUT2D eigenvalue weighted by Crippen LogP contribution is 2.24. The highest BCUT2D eigenvalue weighted by molar-refractivity contribution is 6.31. The number of hydrogen-bond acceptors (Lipinski definition) is 3. The van der Waals surface area contributed by atoms with Crippen LogP contribution in [-0.4, -0.2) is 15.2 Å². The van der Waals surface area contributed by atoms with Crippen molar-refractivity contribution in [2.45, 2.75) is 26.2 Å². The zero-order valence-electron chi connectivity index (χ0n) is 14.8. The number of hydrogen-bond donors (Lipinski definition) is 0. The van der Waals surface area contributed by atoms with Crippen molar-refractivity contribution >= 4 is 29.1 Å². The second kappa shape index (κ2) is 6.78. The number of carbonyl (C=O) groups excluding carboxylic acids is 1. The van der Waals surface area contributed by atoms with Crippen LogP contribution in [0.2, 0.25) is 5.15 Å². The normalized spacial score (nSPS) is 12.2. The minimum atomic E-state index is -0.338. The van der Waals surface area contributed by atoms with Crippen molar-refractivity contribution in [3.63, 3.8) is 0 Å². The average Bonchev–Trinajstić information content (AvgIpc) is 2.93. The fourth-order valence-electron chi connectivity index (χ4n) is 2.68. The molecule has 3 rings (SSSR count). The van der Waals surface area contributed by atoms with Gasteiger partial charge in [-0.3, -0.25) is 9.20 Å². The lowest BCUT2D eigenvalue weighted by Crippen LogP contribution is -2.11. The molecule has 0 bridgehead atoms. The zero-order chi connectivity index (χ0) is 18.9. The number of nitrogens with zero attached hydrogens (tertiary/aromatic N) is 3. The molecule has 26 heavy (non-hydrogen) atoms. The van der Waals surface area contributed by atoms with Gasteiger partial charge in [0.2, 0.25) is 5.78 Å². The Hall–Kier alpha value is -2.90. The van der Waals surface area contributed by atoms with Crippen LogP contribution >= 0.6 is 11.6 Å². The van der Waals surface area contributed by atoms with E-state index in [1.165, 1.54) is 6.08 Å². The molecule has 0 saturated heterocycles. The molecule has 0 amide bonds. The van der Waals surface area contributed by atoms with Crippen molar-refractivity contribution in [1.29, 1.82) is 5.26 Å². The van der Waals surface area contributed by atoms with E-state index in [2.05, 4.69) is 25.8 Å².